The third-order valence-corrected chi connectivity index (χ3v) is 4.34. The number of nitro groups is 2. The topological polar surface area (TPSA) is 155 Å². The first-order valence-corrected chi connectivity index (χ1v) is 9.25. The predicted octanol–water partition coefficient (Wildman–Crippen LogP) is 3.80. The Balaban J connectivity index is 1.48. The zero-order valence-electron chi connectivity index (χ0n) is 16.1. The summed E-state index contributed by atoms with van der Waals surface area (Å²) in [5.41, 5.74) is -0.788. The molecule has 1 N–H and O–H groups in total. The van der Waals surface area contributed by atoms with E-state index in [9.17, 15) is 29.8 Å². The van der Waals surface area contributed by atoms with E-state index in [0.29, 0.717) is 30.4 Å². The van der Waals surface area contributed by atoms with E-state index in [1.54, 1.807) is 18.2 Å². The van der Waals surface area contributed by atoms with Gasteiger partial charge in [0.1, 0.15) is 17.0 Å². The lowest BCUT2D eigenvalue weighted by Crippen LogP contribution is -2.09. The van der Waals surface area contributed by atoms with E-state index >= 15 is 0 Å². The third-order valence-electron chi connectivity index (χ3n) is 4.34. The van der Waals surface area contributed by atoms with Gasteiger partial charge in [0.15, 0.2) is 0 Å². The smallest absolute Gasteiger partial charge is 0.336 e. The number of fused-ring (bicyclic) bond motifs is 1. The average molecular weight is 427 g/mol. The first kappa shape index (κ1) is 21.4. The Bertz CT molecular complexity index is 1200. The average Bonchev–Trinajstić information content (AvgIpc) is 2.73. The molecular weight excluding hydrogens is 410 g/mol. The SMILES string of the molecule is O=C(CCCCNc1ccc([N+](=O)[O-])cc1[N+](=O)[O-])Oc1ccc2ccc(=O)oc2c1. The first-order valence-electron chi connectivity index (χ1n) is 9.25. The zero-order chi connectivity index (χ0) is 22.4. The molecule has 0 amide bonds. The number of esters is 1. The number of carbonyl (C=O) groups excluding carboxylic acids is 1. The van der Waals surface area contributed by atoms with Gasteiger partial charge in [0.2, 0.25) is 0 Å². The molecule has 160 valence electrons. The molecule has 0 aliphatic heterocycles. The second-order valence-corrected chi connectivity index (χ2v) is 6.53. The van der Waals surface area contributed by atoms with Crippen molar-refractivity contribution in [1.29, 1.82) is 0 Å². The van der Waals surface area contributed by atoms with E-state index in [0.717, 1.165) is 6.07 Å². The number of carbonyl (C=O) groups is 1. The number of unbranched alkanes of at least 4 members (excludes halogenated alkanes) is 1. The number of rotatable bonds is 9. The van der Waals surface area contributed by atoms with Crippen molar-refractivity contribution in [3.8, 4) is 5.75 Å². The summed E-state index contributed by atoms with van der Waals surface area (Å²) in [6.45, 7) is 0.326. The molecule has 0 radical (unpaired) electrons. The Labute approximate surface area is 174 Å². The van der Waals surface area contributed by atoms with Gasteiger partial charge >= 0.3 is 11.6 Å². The van der Waals surface area contributed by atoms with Crippen LogP contribution < -0.4 is 15.7 Å². The van der Waals surface area contributed by atoms with Crippen molar-refractivity contribution >= 4 is 34.0 Å². The van der Waals surface area contributed by atoms with Gasteiger partial charge in [0, 0.05) is 36.6 Å². The maximum absolute atomic E-state index is 12.0. The van der Waals surface area contributed by atoms with E-state index in [2.05, 4.69) is 5.32 Å². The molecule has 0 fully saturated rings. The van der Waals surface area contributed by atoms with Crippen LogP contribution in [0.25, 0.3) is 11.0 Å². The van der Waals surface area contributed by atoms with Crippen molar-refractivity contribution in [2.75, 3.05) is 11.9 Å². The second-order valence-electron chi connectivity index (χ2n) is 6.53. The molecule has 0 aliphatic carbocycles. The molecule has 2 aromatic carbocycles. The van der Waals surface area contributed by atoms with E-state index in [-0.39, 0.29) is 23.5 Å². The van der Waals surface area contributed by atoms with Gasteiger partial charge in [-0.1, -0.05) is 0 Å². The van der Waals surface area contributed by atoms with Gasteiger partial charge in [-0.25, -0.2) is 4.79 Å². The van der Waals surface area contributed by atoms with Crippen molar-refractivity contribution in [3.05, 3.63) is 79.2 Å². The highest BCUT2D eigenvalue weighted by atomic mass is 16.6. The molecule has 11 nitrogen and oxygen atoms in total. The summed E-state index contributed by atoms with van der Waals surface area (Å²) in [6, 6.07) is 11.0. The summed E-state index contributed by atoms with van der Waals surface area (Å²) in [6.07, 6.45) is 1.08. The van der Waals surface area contributed by atoms with Gasteiger partial charge < -0.3 is 14.5 Å². The highest BCUT2D eigenvalue weighted by molar-refractivity contribution is 5.79. The Hall–Kier alpha value is -4.28. The van der Waals surface area contributed by atoms with Gasteiger partial charge in [-0.3, -0.25) is 25.0 Å². The standard InChI is InChI=1S/C20H17N3O8/c24-19(30-15-7-4-13-5-9-20(25)31-18(13)12-15)3-1-2-10-21-16-8-6-14(22(26)27)11-17(16)23(28)29/h4-9,11-12,21H,1-3,10H2. The number of nitrogens with zero attached hydrogens (tertiary/aromatic N) is 2. The highest BCUT2D eigenvalue weighted by Crippen LogP contribution is 2.29. The summed E-state index contributed by atoms with van der Waals surface area (Å²) in [5, 5.41) is 25.4. The predicted molar refractivity (Wildman–Crippen MR) is 110 cm³/mol. The molecule has 0 saturated carbocycles. The Morgan fingerprint density at radius 1 is 1.00 bits per heavy atom. The summed E-state index contributed by atoms with van der Waals surface area (Å²) < 4.78 is 10.3. The lowest BCUT2D eigenvalue weighted by Gasteiger charge is -2.07. The maximum atomic E-state index is 12.0. The summed E-state index contributed by atoms with van der Waals surface area (Å²) in [5.74, 6) is -0.217. The van der Waals surface area contributed by atoms with Crippen molar-refractivity contribution in [1.82, 2.24) is 0 Å². The van der Waals surface area contributed by atoms with Gasteiger partial charge in [0.05, 0.1) is 15.9 Å². The molecule has 11 heteroatoms. The second kappa shape index (κ2) is 9.48. The first-order chi connectivity index (χ1) is 14.8. The van der Waals surface area contributed by atoms with Crippen molar-refractivity contribution in [2.24, 2.45) is 0 Å². The van der Waals surface area contributed by atoms with Crippen LogP contribution in [0.1, 0.15) is 19.3 Å². The molecule has 3 rings (SSSR count). The summed E-state index contributed by atoms with van der Waals surface area (Å²) in [4.78, 5) is 43.8. The minimum absolute atomic E-state index is 0.112. The number of non-ortho nitro benzene ring substituents is 1. The summed E-state index contributed by atoms with van der Waals surface area (Å²) in [7, 11) is 0. The van der Waals surface area contributed by atoms with Crippen LogP contribution >= 0.6 is 0 Å². The number of ether oxygens (including phenoxy) is 1. The van der Waals surface area contributed by atoms with E-state index in [1.807, 2.05) is 0 Å². The van der Waals surface area contributed by atoms with Gasteiger partial charge in [-0.15, -0.1) is 0 Å². The number of nitrogens with one attached hydrogen (secondary N) is 1. The van der Waals surface area contributed by atoms with Crippen LogP contribution in [0.4, 0.5) is 17.1 Å². The van der Waals surface area contributed by atoms with E-state index in [1.165, 1.54) is 24.3 Å². The number of nitro benzene ring substituents is 2. The molecule has 0 spiro atoms. The lowest BCUT2D eigenvalue weighted by molar-refractivity contribution is -0.393. The fourth-order valence-corrected chi connectivity index (χ4v) is 2.84. The van der Waals surface area contributed by atoms with Gasteiger partial charge in [-0.2, -0.15) is 0 Å². The fourth-order valence-electron chi connectivity index (χ4n) is 2.84. The van der Waals surface area contributed by atoms with E-state index in [4.69, 9.17) is 9.15 Å². The summed E-state index contributed by atoms with van der Waals surface area (Å²) >= 11 is 0. The Morgan fingerprint density at radius 2 is 1.77 bits per heavy atom. The maximum Gasteiger partial charge on any atom is 0.336 e. The lowest BCUT2D eigenvalue weighted by atomic mass is 10.2. The van der Waals surface area contributed by atoms with Crippen molar-refractivity contribution in [3.63, 3.8) is 0 Å². The molecule has 1 aromatic heterocycles. The molecule has 0 saturated heterocycles. The van der Waals surface area contributed by atoms with Gasteiger partial charge in [0.25, 0.3) is 11.4 Å². The fraction of sp³-hybridized carbons (Fsp3) is 0.200. The third kappa shape index (κ3) is 5.63. The Morgan fingerprint density at radius 3 is 2.52 bits per heavy atom. The highest BCUT2D eigenvalue weighted by Gasteiger charge is 2.19. The normalized spacial score (nSPS) is 10.6. The van der Waals surface area contributed by atoms with Crippen LogP contribution in [0.5, 0.6) is 5.75 Å². The number of benzene rings is 2. The van der Waals surface area contributed by atoms with Crippen LogP contribution in [0, 0.1) is 20.2 Å². The number of hydrogen-bond donors (Lipinski definition) is 1. The minimum atomic E-state index is -0.703. The number of anilines is 1. The Kier molecular flexibility index (Phi) is 6.55. The van der Waals surface area contributed by atoms with Crippen LogP contribution in [0.2, 0.25) is 0 Å². The minimum Gasteiger partial charge on any atom is -0.426 e. The quantitative estimate of drug-likeness (QED) is 0.134. The molecule has 0 atom stereocenters. The monoisotopic (exact) mass is 427 g/mol. The van der Waals surface area contributed by atoms with Gasteiger partial charge in [-0.05, 0) is 37.1 Å². The molecule has 3 aromatic rings. The van der Waals surface area contributed by atoms with Crippen LogP contribution in [0.3, 0.4) is 0 Å². The molecule has 0 aliphatic rings. The van der Waals surface area contributed by atoms with Crippen molar-refractivity contribution in [2.45, 2.75) is 19.3 Å². The van der Waals surface area contributed by atoms with E-state index < -0.39 is 27.1 Å². The van der Waals surface area contributed by atoms with Crippen LogP contribution in [-0.4, -0.2) is 22.4 Å². The van der Waals surface area contributed by atoms with Crippen LogP contribution in [-0.2, 0) is 4.79 Å². The van der Waals surface area contributed by atoms with Crippen LogP contribution in [0.15, 0.2) is 57.7 Å². The zero-order valence-corrected chi connectivity index (χ0v) is 16.1. The largest absolute Gasteiger partial charge is 0.426 e. The molecule has 0 bridgehead atoms. The molecule has 0 unspecified atom stereocenters. The number of hydrogen-bond acceptors (Lipinski definition) is 9. The molecule has 1 heterocycles. The molecule has 31 heavy (non-hydrogen) atoms. The molecular formula is C20H17N3O8. The van der Waals surface area contributed by atoms with Crippen molar-refractivity contribution < 1.29 is 23.8 Å².